The molecule has 2 N–H and O–H groups in total. The van der Waals surface area contributed by atoms with Gasteiger partial charge in [-0.25, -0.2) is 9.37 Å². The Morgan fingerprint density at radius 3 is 2.82 bits per heavy atom. The number of hydrogen-bond donors (Lipinski definition) is 1. The molecule has 0 saturated heterocycles. The Morgan fingerprint density at radius 2 is 2.36 bits per heavy atom. The first-order valence-corrected chi connectivity index (χ1v) is 3.80. The fourth-order valence-electron chi connectivity index (χ4n) is 0.595. The maximum Gasteiger partial charge on any atom is 0.251 e. The van der Waals surface area contributed by atoms with Gasteiger partial charge in [-0.1, -0.05) is 0 Å². The van der Waals surface area contributed by atoms with Crippen LogP contribution in [0.4, 0.5) is 4.39 Å². The normalized spacial score (nSPS) is 9.64. The number of carbonyl (C=O) groups excluding carboxylic acids is 1. The summed E-state index contributed by atoms with van der Waals surface area (Å²) in [4.78, 5) is 14.2. The van der Waals surface area contributed by atoms with Gasteiger partial charge in [0.2, 0.25) is 0 Å². The molecule has 0 unspecified atom stereocenters. The van der Waals surface area contributed by atoms with Crippen molar-refractivity contribution < 1.29 is 9.18 Å². The Bertz CT molecular complexity index is 303. The standard InChI is InChI=1S/C6H4FIN2O/c7-3-1-4(6(9)11)5(8)10-2-3/h1-2H,(H2,9,11). The Kier molecular flexibility index (Phi) is 2.38. The van der Waals surface area contributed by atoms with E-state index < -0.39 is 11.7 Å². The van der Waals surface area contributed by atoms with Crippen LogP contribution in [0.1, 0.15) is 10.4 Å². The van der Waals surface area contributed by atoms with Crippen molar-refractivity contribution in [2.75, 3.05) is 0 Å². The summed E-state index contributed by atoms with van der Waals surface area (Å²) in [7, 11) is 0. The number of hydrogen-bond acceptors (Lipinski definition) is 2. The molecule has 1 amide bonds. The molecule has 0 fully saturated rings. The first kappa shape index (κ1) is 8.38. The molecular formula is C6H4FIN2O. The van der Waals surface area contributed by atoms with Crippen molar-refractivity contribution >= 4 is 28.5 Å². The highest BCUT2D eigenvalue weighted by atomic mass is 127. The minimum absolute atomic E-state index is 0.116. The van der Waals surface area contributed by atoms with Gasteiger partial charge in [-0.15, -0.1) is 0 Å². The smallest absolute Gasteiger partial charge is 0.251 e. The van der Waals surface area contributed by atoms with Crippen LogP contribution in [-0.4, -0.2) is 10.9 Å². The number of nitrogens with zero attached hydrogens (tertiary/aromatic N) is 1. The van der Waals surface area contributed by atoms with E-state index in [1.165, 1.54) is 0 Å². The van der Waals surface area contributed by atoms with Crippen LogP contribution in [0.25, 0.3) is 0 Å². The highest BCUT2D eigenvalue weighted by Gasteiger charge is 2.07. The number of nitrogens with two attached hydrogens (primary N) is 1. The second-order valence-electron chi connectivity index (χ2n) is 1.86. The summed E-state index contributed by atoms with van der Waals surface area (Å²) in [6, 6.07) is 1.07. The van der Waals surface area contributed by atoms with Crippen LogP contribution in [0.5, 0.6) is 0 Å². The lowest BCUT2D eigenvalue weighted by molar-refractivity contribution is 0.0998. The van der Waals surface area contributed by atoms with Gasteiger partial charge in [0.1, 0.15) is 9.52 Å². The Labute approximate surface area is 75.9 Å². The van der Waals surface area contributed by atoms with E-state index in [9.17, 15) is 9.18 Å². The zero-order chi connectivity index (χ0) is 8.43. The molecule has 1 aromatic rings. The van der Waals surface area contributed by atoms with Crippen molar-refractivity contribution in [1.29, 1.82) is 0 Å². The predicted octanol–water partition coefficient (Wildman–Crippen LogP) is 0.924. The summed E-state index contributed by atoms with van der Waals surface area (Å²) < 4.78 is 12.8. The molecule has 1 heterocycles. The van der Waals surface area contributed by atoms with Crippen molar-refractivity contribution in [1.82, 2.24) is 4.98 Å². The third kappa shape index (κ3) is 1.86. The third-order valence-corrected chi connectivity index (χ3v) is 1.93. The highest BCUT2D eigenvalue weighted by molar-refractivity contribution is 14.1. The SMILES string of the molecule is NC(=O)c1cc(F)cnc1I. The molecule has 1 rings (SSSR count). The molecular weight excluding hydrogens is 262 g/mol. The van der Waals surface area contributed by atoms with E-state index in [1.807, 2.05) is 22.6 Å². The molecule has 11 heavy (non-hydrogen) atoms. The van der Waals surface area contributed by atoms with Crippen LogP contribution in [0, 0.1) is 9.52 Å². The fourth-order valence-corrected chi connectivity index (χ4v) is 1.16. The number of rotatable bonds is 1. The number of carbonyl (C=O) groups is 1. The average molecular weight is 266 g/mol. The molecule has 58 valence electrons. The predicted molar refractivity (Wildman–Crippen MR) is 45.4 cm³/mol. The molecule has 0 aromatic carbocycles. The Balaban J connectivity index is 3.23. The van der Waals surface area contributed by atoms with Crippen LogP contribution < -0.4 is 5.73 Å². The van der Waals surface area contributed by atoms with Gasteiger partial charge < -0.3 is 5.73 Å². The van der Waals surface area contributed by atoms with Gasteiger partial charge in [0.15, 0.2) is 0 Å². The van der Waals surface area contributed by atoms with Crippen molar-refractivity contribution in [3.63, 3.8) is 0 Å². The van der Waals surface area contributed by atoms with E-state index >= 15 is 0 Å². The van der Waals surface area contributed by atoms with Crippen molar-refractivity contribution in [2.24, 2.45) is 5.73 Å². The molecule has 0 aliphatic rings. The van der Waals surface area contributed by atoms with Crippen LogP contribution in [-0.2, 0) is 0 Å². The molecule has 0 aliphatic heterocycles. The van der Waals surface area contributed by atoms with Crippen molar-refractivity contribution in [3.8, 4) is 0 Å². The van der Waals surface area contributed by atoms with Crippen LogP contribution in [0.3, 0.4) is 0 Å². The lowest BCUT2D eigenvalue weighted by Gasteiger charge is -1.96. The molecule has 3 nitrogen and oxygen atoms in total. The van der Waals surface area contributed by atoms with Gasteiger partial charge in [-0.05, 0) is 28.7 Å². The topological polar surface area (TPSA) is 56.0 Å². The fraction of sp³-hybridized carbons (Fsp3) is 0. The van der Waals surface area contributed by atoms with Gasteiger partial charge in [0.25, 0.3) is 5.91 Å². The number of primary amides is 1. The summed E-state index contributed by atoms with van der Waals surface area (Å²) in [5.74, 6) is -1.22. The highest BCUT2D eigenvalue weighted by Crippen LogP contribution is 2.09. The van der Waals surface area contributed by atoms with Crippen molar-refractivity contribution in [3.05, 3.63) is 27.3 Å². The number of amides is 1. The Morgan fingerprint density at radius 1 is 1.73 bits per heavy atom. The third-order valence-electron chi connectivity index (χ3n) is 1.07. The van der Waals surface area contributed by atoms with E-state index in [0.717, 1.165) is 12.3 Å². The van der Waals surface area contributed by atoms with Gasteiger partial charge in [-0.2, -0.15) is 0 Å². The number of halogens is 2. The molecule has 0 saturated carbocycles. The van der Waals surface area contributed by atoms with Gasteiger partial charge in [0, 0.05) is 0 Å². The maximum absolute atomic E-state index is 12.4. The van der Waals surface area contributed by atoms with Gasteiger partial charge in [-0.3, -0.25) is 4.79 Å². The molecule has 1 aromatic heterocycles. The lowest BCUT2D eigenvalue weighted by Crippen LogP contribution is -2.13. The largest absolute Gasteiger partial charge is 0.366 e. The quantitative estimate of drug-likeness (QED) is 0.607. The van der Waals surface area contributed by atoms with E-state index in [4.69, 9.17) is 5.73 Å². The van der Waals surface area contributed by atoms with Gasteiger partial charge >= 0.3 is 0 Å². The summed E-state index contributed by atoms with van der Waals surface area (Å²) in [6.45, 7) is 0. The van der Waals surface area contributed by atoms with Crippen LogP contribution in [0.15, 0.2) is 12.3 Å². The summed E-state index contributed by atoms with van der Waals surface area (Å²) in [5, 5.41) is 0. The molecule has 0 bridgehead atoms. The monoisotopic (exact) mass is 266 g/mol. The van der Waals surface area contributed by atoms with E-state index in [-0.39, 0.29) is 5.56 Å². The molecule has 0 atom stereocenters. The first-order valence-electron chi connectivity index (χ1n) is 2.72. The number of aromatic nitrogens is 1. The van der Waals surface area contributed by atoms with E-state index in [0.29, 0.717) is 3.70 Å². The Hall–Kier alpha value is -0.720. The molecule has 0 radical (unpaired) electrons. The maximum atomic E-state index is 12.4. The second kappa shape index (κ2) is 3.12. The first-order chi connectivity index (χ1) is 5.11. The zero-order valence-electron chi connectivity index (χ0n) is 5.34. The molecule has 0 spiro atoms. The molecule has 5 heteroatoms. The van der Waals surface area contributed by atoms with Gasteiger partial charge in [0.05, 0.1) is 11.8 Å². The van der Waals surface area contributed by atoms with Crippen LogP contribution >= 0.6 is 22.6 Å². The zero-order valence-corrected chi connectivity index (χ0v) is 7.50. The minimum atomic E-state index is -0.665. The average Bonchev–Trinajstić information content (AvgIpc) is 1.94. The van der Waals surface area contributed by atoms with E-state index in [1.54, 1.807) is 0 Å². The minimum Gasteiger partial charge on any atom is -0.366 e. The molecule has 0 aliphatic carbocycles. The van der Waals surface area contributed by atoms with E-state index in [2.05, 4.69) is 4.98 Å². The number of pyridine rings is 1. The lowest BCUT2D eigenvalue weighted by atomic mass is 10.3. The summed E-state index contributed by atoms with van der Waals surface area (Å²) in [6.07, 6.45) is 1.04. The van der Waals surface area contributed by atoms with Crippen LogP contribution in [0.2, 0.25) is 0 Å². The second-order valence-corrected chi connectivity index (χ2v) is 2.88. The summed E-state index contributed by atoms with van der Waals surface area (Å²) >= 11 is 1.81. The van der Waals surface area contributed by atoms with Crippen molar-refractivity contribution in [2.45, 2.75) is 0 Å². The summed E-state index contributed by atoms with van der Waals surface area (Å²) in [5.41, 5.74) is 5.05.